The zero-order chi connectivity index (χ0) is 30.9. The van der Waals surface area contributed by atoms with E-state index >= 15 is 0 Å². The summed E-state index contributed by atoms with van der Waals surface area (Å²) in [5.41, 5.74) is 2.08. The lowest BCUT2D eigenvalue weighted by molar-refractivity contribution is 0.0624. The first-order chi connectivity index (χ1) is 19.7. The van der Waals surface area contributed by atoms with Gasteiger partial charge in [0.05, 0.1) is 5.56 Å². The Balaban J connectivity index is 1.44. The number of hydrogen-bond acceptors (Lipinski definition) is 7. The van der Waals surface area contributed by atoms with Crippen LogP contribution in [0.3, 0.4) is 0 Å². The molecule has 0 saturated carbocycles. The number of carbonyl (C=O) groups is 4. The highest BCUT2D eigenvalue weighted by molar-refractivity contribution is 5.96. The Morgan fingerprint density at radius 3 is 1.43 bits per heavy atom. The van der Waals surface area contributed by atoms with Crippen LogP contribution in [0.5, 0.6) is 0 Å². The van der Waals surface area contributed by atoms with Crippen molar-refractivity contribution < 1.29 is 28.7 Å². The number of nitrogens with zero attached hydrogens (tertiary/aromatic N) is 1. The summed E-state index contributed by atoms with van der Waals surface area (Å²) in [5, 5.41) is 10.9. The number of pyridine rings is 1. The quantitative estimate of drug-likeness (QED) is 0.272. The Hall–Kier alpha value is -4.93. The molecule has 1 heterocycles. The van der Waals surface area contributed by atoms with E-state index in [1.807, 2.05) is 0 Å². The zero-order valence-corrected chi connectivity index (χ0v) is 24.7. The molecule has 3 aromatic rings. The summed E-state index contributed by atoms with van der Waals surface area (Å²) in [4.78, 5) is 53.0. The molecule has 0 saturated heterocycles. The van der Waals surface area contributed by atoms with E-state index in [1.54, 1.807) is 90.1 Å². The highest BCUT2D eigenvalue weighted by atomic mass is 16.6. The lowest BCUT2D eigenvalue weighted by Gasteiger charge is -2.19. The fraction of sp³-hybridized carbons (Fsp3) is 0.323. The largest absolute Gasteiger partial charge is 0.444 e. The summed E-state index contributed by atoms with van der Waals surface area (Å²) in [7, 11) is 0. The lowest BCUT2D eigenvalue weighted by atomic mass is 10.2. The van der Waals surface area contributed by atoms with Crippen LogP contribution >= 0.6 is 0 Å². The van der Waals surface area contributed by atoms with E-state index in [1.165, 1.54) is 18.3 Å². The molecule has 222 valence electrons. The minimum absolute atomic E-state index is 0.169. The summed E-state index contributed by atoms with van der Waals surface area (Å²) in [6, 6.07) is 17.0. The summed E-state index contributed by atoms with van der Waals surface area (Å²) in [6.45, 7) is 11.2. The van der Waals surface area contributed by atoms with Crippen LogP contribution in [0.1, 0.15) is 73.5 Å². The summed E-state index contributed by atoms with van der Waals surface area (Å²) < 4.78 is 10.5. The summed E-state index contributed by atoms with van der Waals surface area (Å²) in [5.74, 6) is -0.733. The third-order valence-electron chi connectivity index (χ3n) is 5.36. The van der Waals surface area contributed by atoms with Crippen LogP contribution in [-0.2, 0) is 22.6 Å². The highest BCUT2D eigenvalue weighted by Gasteiger charge is 2.17. The maximum absolute atomic E-state index is 12.6. The zero-order valence-electron chi connectivity index (χ0n) is 24.7. The van der Waals surface area contributed by atoms with Crippen molar-refractivity contribution in [1.82, 2.24) is 15.6 Å². The lowest BCUT2D eigenvalue weighted by Crippen LogP contribution is -2.27. The van der Waals surface area contributed by atoms with Gasteiger partial charge < -0.3 is 20.1 Å². The van der Waals surface area contributed by atoms with Gasteiger partial charge in [0.2, 0.25) is 0 Å². The van der Waals surface area contributed by atoms with Gasteiger partial charge in [-0.25, -0.2) is 9.59 Å². The number of anilines is 2. The van der Waals surface area contributed by atoms with E-state index < -0.39 is 29.3 Å². The van der Waals surface area contributed by atoms with Gasteiger partial charge in [-0.3, -0.25) is 25.2 Å². The minimum Gasteiger partial charge on any atom is -0.444 e. The van der Waals surface area contributed by atoms with E-state index in [9.17, 15) is 19.2 Å². The van der Waals surface area contributed by atoms with E-state index in [0.717, 1.165) is 11.1 Å². The Bertz CT molecular complexity index is 1280. The minimum atomic E-state index is -0.595. The Labute approximate surface area is 245 Å². The molecule has 0 radical (unpaired) electrons. The number of nitrogens with one attached hydrogen (secondary N) is 4. The number of amides is 4. The molecular formula is C31H37N5O6. The Morgan fingerprint density at radius 1 is 0.619 bits per heavy atom. The smallest absolute Gasteiger partial charge is 0.412 e. The topological polar surface area (TPSA) is 148 Å². The van der Waals surface area contributed by atoms with Gasteiger partial charge in [-0.1, -0.05) is 24.3 Å². The predicted molar refractivity (Wildman–Crippen MR) is 159 cm³/mol. The molecule has 11 heteroatoms. The van der Waals surface area contributed by atoms with Crippen molar-refractivity contribution in [2.45, 2.75) is 65.8 Å². The molecule has 0 aliphatic carbocycles. The summed E-state index contributed by atoms with van der Waals surface area (Å²) in [6.07, 6.45) is 0.251. The number of rotatable bonds is 8. The molecular weight excluding hydrogens is 538 g/mol. The normalized spacial score (nSPS) is 11.2. The fourth-order valence-electron chi connectivity index (χ4n) is 3.47. The molecule has 4 N–H and O–H groups in total. The van der Waals surface area contributed by atoms with Crippen LogP contribution in [0, 0.1) is 0 Å². The van der Waals surface area contributed by atoms with Gasteiger partial charge in [-0.05, 0) is 89.1 Å². The SMILES string of the molecule is CC(C)(C)OC(=O)Nc1ccc(CNC(=O)c2ccc(C(=O)NCc3ccc(NC(=O)OC(C)(C)C)cc3)nc2)cc1. The fourth-order valence-corrected chi connectivity index (χ4v) is 3.47. The predicted octanol–water partition coefficient (Wildman–Crippen LogP) is 5.64. The van der Waals surface area contributed by atoms with Crippen LogP contribution in [0.15, 0.2) is 66.9 Å². The van der Waals surface area contributed by atoms with Crippen LogP contribution in [0.25, 0.3) is 0 Å². The average Bonchev–Trinajstić information content (AvgIpc) is 2.90. The molecule has 3 rings (SSSR count). The van der Waals surface area contributed by atoms with Crippen molar-refractivity contribution in [2.75, 3.05) is 10.6 Å². The molecule has 4 amide bonds. The molecule has 0 aliphatic heterocycles. The van der Waals surface area contributed by atoms with Crippen molar-refractivity contribution in [1.29, 1.82) is 0 Å². The second-order valence-electron chi connectivity index (χ2n) is 11.4. The van der Waals surface area contributed by atoms with Gasteiger partial charge in [-0.15, -0.1) is 0 Å². The standard InChI is InChI=1S/C31H37N5O6/c1-30(2,3)41-28(39)35-23-12-7-20(8-13-23)17-33-26(37)22-11-16-25(32-19-22)27(38)34-18-21-9-14-24(15-10-21)36-29(40)42-31(4,5)6/h7-16,19H,17-18H2,1-6H3,(H,33,37)(H,34,38)(H,35,39)(H,36,40). The van der Waals surface area contributed by atoms with Crippen LogP contribution < -0.4 is 21.3 Å². The highest BCUT2D eigenvalue weighted by Crippen LogP contribution is 2.15. The molecule has 0 atom stereocenters. The van der Waals surface area contributed by atoms with Gasteiger partial charge in [0.15, 0.2) is 0 Å². The Kier molecular flexibility index (Phi) is 10.2. The van der Waals surface area contributed by atoms with Crippen molar-refractivity contribution in [3.05, 3.63) is 89.2 Å². The first-order valence-electron chi connectivity index (χ1n) is 13.4. The average molecular weight is 576 g/mol. The molecule has 0 fully saturated rings. The van der Waals surface area contributed by atoms with E-state index in [-0.39, 0.29) is 24.7 Å². The molecule has 0 unspecified atom stereocenters. The molecule has 0 bridgehead atoms. The van der Waals surface area contributed by atoms with E-state index in [0.29, 0.717) is 16.9 Å². The molecule has 1 aromatic heterocycles. The summed E-state index contributed by atoms with van der Waals surface area (Å²) >= 11 is 0. The number of aromatic nitrogens is 1. The first-order valence-corrected chi connectivity index (χ1v) is 13.4. The van der Waals surface area contributed by atoms with Crippen molar-refractivity contribution in [2.24, 2.45) is 0 Å². The molecule has 2 aromatic carbocycles. The van der Waals surface area contributed by atoms with Gasteiger partial charge in [-0.2, -0.15) is 0 Å². The van der Waals surface area contributed by atoms with Crippen molar-refractivity contribution >= 4 is 35.4 Å². The van der Waals surface area contributed by atoms with Gasteiger partial charge in [0.1, 0.15) is 16.9 Å². The monoisotopic (exact) mass is 575 g/mol. The maximum Gasteiger partial charge on any atom is 0.412 e. The molecule has 42 heavy (non-hydrogen) atoms. The van der Waals surface area contributed by atoms with Gasteiger partial charge >= 0.3 is 12.2 Å². The van der Waals surface area contributed by atoms with E-state index in [4.69, 9.17) is 9.47 Å². The molecule has 0 aliphatic rings. The third kappa shape index (κ3) is 10.9. The van der Waals surface area contributed by atoms with Crippen LogP contribution in [-0.4, -0.2) is 40.2 Å². The maximum atomic E-state index is 12.6. The molecule has 0 spiro atoms. The second-order valence-corrected chi connectivity index (χ2v) is 11.4. The second kappa shape index (κ2) is 13.6. The number of ether oxygens (including phenoxy) is 2. The van der Waals surface area contributed by atoms with Gasteiger partial charge in [0.25, 0.3) is 11.8 Å². The number of carbonyl (C=O) groups excluding carboxylic acids is 4. The van der Waals surface area contributed by atoms with Crippen LogP contribution in [0.2, 0.25) is 0 Å². The molecule has 11 nitrogen and oxygen atoms in total. The Morgan fingerprint density at radius 2 is 1.05 bits per heavy atom. The van der Waals surface area contributed by atoms with E-state index in [2.05, 4.69) is 26.3 Å². The number of hydrogen-bond donors (Lipinski definition) is 4. The van der Waals surface area contributed by atoms with Crippen molar-refractivity contribution in [3.8, 4) is 0 Å². The van der Waals surface area contributed by atoms with Crippen molar-refractivity contribution in [3.63, 3.8) is 0 Å². The van der Waals surface area contributed by atoms with Gasteiger partial charge in [0, 0.05) is 30.7 Å². The van der Waals surface area contributed by atoms with Crippen LogP contribution in [0.4, 0.5) is 21.0 Å². The first kappa shape index (κ1) is 31.6. The third-order valence-corrected chi connectivity index (χ3v) is 5.36. The number of benzene rings is 2.